The molecule has 25 heavy (non-hydrogen) atoms. The molecule has 0 fully saturated rings. The van der Waals surface area contributed by atoms with Crippen molar-refractivity contribution >= 4 is 28.1 Å². The second kappa shape index (κ2) is 7.76. The number of hydrazone groups is 1. The third-order valence-electron chi connectivity index (χ3n) is 3.22. The van der Waals surface area contributed by atoms with Gasteiger partial charge in [0.1, 0.15) is 11.5 Å². The molecule has 0 atom stereocenters. The predicted molar refractivity (Wildman–Crippen MR) is 98.9 cm³/mol. The van der Waals surface area contributed by atoms with Crippen molar-refractivity contribution in [3.8, 4) is 11.5 Å². The summed E-state index contributed by atoms with van der Waals surface area (Å²) in [6.07, 6.45) is 3.25. The Morgan fingerprint density at radius 3 is 2.68 bits per heavy atom. The van der Waals surface area contributed by atoms with Gasteiger partial charge in [-0.15, -0.1) is 0 Å². The molecule has 1 aromatic heterocycles. The Bertz CT molecular complexity index is 906. The number of aryl methyl sites for hydroxylation is 1. The maximum atomic E-state index is 12.0. The zero-order valence-corrected chi connectivity index (χ0v) is 15.0. The van der Waals surface area contributed by atoms with Gasteiger partial charge >= 0.3 is 0 Å². The van der Waals surface area contributed by atoms with Crippen LogP contribution < -0.4 is 10.2 Å². The van der Waals surface area contributed by atoms with Crippen LogP contribution >= 0.6 is 15.9 Å². The van der Waals surface area contributed by atoms with E-state index in [0.29, 0.717) is 10.2 Å². The highest BCUT2D eigenvalue weighted by Crippen LogP contribution is 2.21. The third kappa shape index (κ3) is 4.54. The van der Waals surface area contributed by atoms with Gasteiger partial charge in [0.15, 0.2) is 5.69 Å². The van der Waals surface area contributed by atoms with Crippen LogP contribution in [-0.2, 0) is 7.05 Å². The minimum absolute atomic E-state index is 0.279. The van der Waals surface area contributed by atoms with Gasteiger partial charge in [-0.3, -0.25) is 9.48 Å². The van der Waals surface area contributed by atoms with Crippen molar-refractivity contribution in [2.24, 2.45) is 12.1 Å². The number of nitrogens with zero attached hydrogens (tertiary/aromatic N) is 3. The first kappa shape index (κ1) is 16.9. The van der Waals surface area contributed by atoms with E-state index in [9.17, 15) is 4.79 Å². The molecule has 0 saturated carbocycles. The van der Waals surface area contributed by atoms with Crippen LogP contribution in [0, 0.1) is 0 Å². The Balaban J connectivity index is 1.64. The number of hydrogen-bond donors (Lipinski definition) is 1. The first-order valence-corrected chi connectivity index (χ1v) is 8.26. The normalized spacial score (nSPS) is 10.8. The van der Waals surface area contributed by atoms with Crippen LogP contribution in [0.1, 0.15) is 16.1 Å². The Kier molecular flexibility index (Phi) is 5.25. The molecule has 1 amide bonds. The van der Waals surface area contributed by atoms with Crippen molar-refractivity contribution in [3.63, 3.8) is 0 Å². The predicted octanol–water partition coefficient (Wildman–Crippen LogP) is 3.74. The Morgan fingerprint density at radius 2 is 1.96 bits per heavy atom. The fourth-order valence-electron chi connectivity index (χ4n) is 2.11. The van der Waals surface area contributed by atoms with Gasteiger partial charge in [0.2, 0.25) is 0 Å². The summed E-state index contributed by atoms with van der Waals surface area (Å²) < 4.78 is 7.93. The highest BCUT2D eigenvalue weighted by Gasteiger charge is 2.13. The molecule has 1 heterocycles. The van der Waals surface area contributed by atoms with Crippen molar-refractivity contribution < 1.29 is 9.53 Å². The first-order chi connectivity index (χ1) is 12.1. The zero-order chi connectivity index (χ0) is 17.6. The fraction of sp³-hybridized carbons (Fsp3) is 0.0556. The molecule has 0 unspecified atom stereocenters. The van der Waals surface area contributed by atoms with Crippen LogP contribution in [-0.4, -0.2) is 21.9 Å². The van der Waals surface area contributed by atoms with E-state index in [0.717, 1.165) is 11.3 Å². The molecule has 6 nitrogen and oxygen atoms in total. The van der Waals surface area contributed by atoms with Gasteiger partial charge in [-0.1, -0.05) is 30.3 Å². The minimum Gasteiger partial charge on any atom is -0.457 e. The first-order valence-electron chi connectivity index (χ1n) is 7.47. The summed E-state index contributed by atoms with van der Waals surface area (Å²) in [6.45, 7) is 0. The number of nitrogens with one attached hydrogen (secondary N) is 1. The molecular weight excluding hydrogens is 384 g/mol. The van der Waals surface area contributed by atoms with Gasteiger partial charge in [-0.2, -0.15) is 10.2 Å². The van der Waals surface area contributed by atoms with Gasteiger partial charge < -0.3 is 4.74 Å². The number of para-hydroxylation sites is 1. The van der Waals surface area contributed by atoms with Crippen molar-refractivity contribution in [2.45, 2.75) is 0 Å². The van der Waals surface area contributed by atoms with E-state index in [1.54, 1.807) is 24.1 Å². The largest absolute Gasteiger partial charge is 0.457 e. The van der Waals surface area contributed by atoms with Gasteiger partial charge in [-0.25, -0.2) is 5.43 Å². The van der Waals surface area contributed by atoms with Crippen LogP contribution in [0.2, 0.25) is 0 Å². The molecule has 3 rings (SSSR count). The number of aromatic nitrogens is 2. The Morgan fingerprint density at radius 1 is 1.20 bits per heavy atom. The van der Waals surface area contributed by atoms with E-state index < -0.39 is 0 Å². The van der Waals surface area contributed by atoms with Crippen LogP contribution in [0.3, 0.4) is 0 Å². The number of halogens is 1. The summed E-state index contributed by atoms with van der Waals surface area (Å²) in [5.74, 6) is 1.05. The van der Waals surface area contributed by atoms with E-state index in [1.165, 1.54) is 0 Å². The molecule has 0 aliphatic heterocycles. The molecular formula is C18H15BrN4O2. The highest BCUT2D eigenvalue weighted by atomic mass is 79.9. The van der Waals surface area contributed by atoms with Gasteiger partial charge in [0, 0.05) is 13.2 Å². The molecule has 3 aromatic rings. The maximum absolute atomic E-state index is 12.0. The minimum atomic E-state index is -0.389. The lowest BCUT2D eigenvalue weighted by molar-refractivity contribution is 0.0948. The van der Waals surface area contributed by atoms with Crippen molar-refractivity contribution in [3.05, 3.63) is 76.5 Å². The van der Waals surface area contributed by atoms with Crippen LogP contribution in [0.25, 0.3) is 0 Å². The van der Waals surface area contributed by atoms with E-state index in [1.807, 2.05) is 54.6 Å². The fourth-order valence-corrected chi connectivity index (χ4v) is 2.67. The molecule has 2 aromatic carbocycles. The summed E-state index contributed by atoms with van der Waals surface area (Å²) in [7, 11) is 1.74. The smallest absolute Gasteiger partial charge is 0.293 e. The van der Waals surface area contributed by atoms with E-state index in [2.05, 4.69) is 31.6 Å². The lowest BCUT2D eigenvalue weighted by Crippen LogP contribution is -2.18. The van der Waals surface area contributed by atoms with E-state index in [4.69, 9.17) is 4.74 Å². The number of carbonyl (C=O) groups excluding carboxylic acids is 1. The van der Waals surface area contributed by atoms with Gasteiger partial charge in [0.05, 0.1) is 10.7 Å². The molecule has 0 aliphatic rings. The average molecular weight is 399 g/mol. The monoisotopic (exact) mass is 398 g/mol. The third-order valence-corrected chi connectivity index (χ3v) is 3.80. The zero-order valence-electron chi connectivity index (χ0n) is 13.4. The van der Waals surface area contributed by atoms with Crippen LogP contribution in [0.5, 0.6) is 11.5 Å². The van der Waals surface area contributed by atoms with Crippen LogP contribution in [0.4, 0.5) is 0 Å². The summed E-state index contributed by atoms with van der Waals surface area (Å²) in [4.78, 5) is 12.0. The van der Waals surface area contributed by atoms with Gasteiger partial charge in [-0.05, 0) is 45.8 Å². The number of benzene rings is 2. The molecule has 1 N–H and O–H groups in total. The summed E-state index contributed by atoms with van der Waals surface area (Å²) in [5.41, 5.74) is 3.53. The van der Waals surface area contributed by atoms with Crippen LogP contribution in [0.15, 0.2) is 70.4 Å². The standard InChI is InChI=1S/C18H15BrN4O2/c1-23-12-16(19)17(22-23)18(24)21-20-11-13-6-5-9-15(10-13)25-14-7-3-2-4-8-14/h2-12H,1H3,(H,21,24)/b20-11+. The highest BCUT2D eigenvalue weighted by molar-refractivity contribution is 9.10. The average Bonchev–Trinajstić information content (AvgIpc) is 2.94. The van der Waals surface area contributed by atoms with Crippen molar-refractivity contribution in [2.75, 3.05) is 0 Å². The molecule has 0 aliphatic carbocycles. The molecule has 7 heteroatoms. The topological polar surface area (TPSA) is 68.5 Å². The van der Waals surface area contributed by atoms with Gasteiger partial charge in [0.25, 0.3) is 5.91 Å². The molecule has 0 spiro atoms. The maximum Gasteiger partial charge on any atom is 0.293 e. The summed E-state index contributed by atoms with van der Waals surface area (Å²) in [6, 6.07) is 16.9. The lowest BCUT2D eigenvalue weighted by atomic mass is 10.2. The number of rotatable bonds is 5. The molecule has 0 bridgehead atoms. The quantitative estimate of drug-likeness (QED) is 0.525. The molecule has 126 valence electrons. The molecule has 0 saturated heterocycles. The Labute approximate surface area is 153 Å². The van der Waals surface area contributed by atoms with Crippen molar-refractivity contribution in [1.29, 1.82) is 0 Å². The Hall–Kier alpha value is -2.93. The lowest BCUT2D eigenvalue weighted by Gasteiger charge is -2.05. The summed E-state index contributed by atoms with van der Waals surface area (Å²) in [5, 5.41) is 8.03. The van der Waals surface area contributed by atoms with Crippen molar-refractivity contribution in [1.82, 2.24) is 15.2 Å². The second-order valence-electron chi connectivity index (χ2n) is 5.19. The summed E-state index contributed by atoms with van der Waals surface area (Å²) >= 11 is 3.28. The second-order valence-corrected chi connectivity index (χ2v) is 6.04. The number of hydrogen-bond acceptors (Lipinski definition) is 4. The number of carbonyl (C=O) groups is 1. The number of amides is 1. The van der Waals surface area contributed by atoms with E-state index >= 15 is 0 Å². The molecule has 0 radical (unpaired) electrons. The number of ether oxygens (including phenoxy) is 1. The SMILES string of the molecule is Cn1cc(Br)c(C(=O)N/N=C/c2cccc(Oc3ccccc3)c2)n1. The van der Waals surface area contributed by atoms with E-state index in [-0.39, 0.29) is 11.6 Å².